The maximum Gasteiger partial charge on any atom is 0.243 e. The molecule has 7 heteroatoms. The van der Waals surface area contributed by atoms with Gasteiger partial charge in [-0.1, -0.05) is 30.5 Å². The maximum absolute atomic E-state index is 12.5. The summed E-state index contributed by atoms with van der Waals surface area (Å²) in [7, 11) is -3.55. The monoisotopic (exact) mass is 344 g/mol. The van der Waals surface area contributed by atoms with Crippen molar-refractivity contribution >= 4 is 33.2 Å². The predicted molar refractivity (Wildman–Crippen MR) is 88.7 cm³/mol. The first-order valence-electron chi connectivity index (χ1n) is 7.39. The lowest BCUT2D eigenvalue weighted by atomic mass is 10.2. The highest BCUT2D eigenvalue weighted by molar-refractivity contribution is 7.92. The van der Waals surface area contributed by atoms with E-state index >= 15 is 0 Å². The van der Waals surface area contributed by atoms with Crippen molar-refractivity contribution < 1.29 is 13.2 Å². The summed E-state index contributed by atoms with van der Waals surface area (Å²) < 4.78 is 25.2. The molecule has 0 aromatic heterocycles. The van der Waals surface area contributed by atoms with Crippen molar-refractivity contribution in [1.29, 1.82) is 0 Å². The molecule has 0 bridgehead atoms. The van der Waals surface area contributed by atoms with Crippen LogP contribution >= 0.6 is 11.6 Å². The van der Waals surface area contributed by atoms with Crippen LogP contribution in [0.25, 0.3) is 0 Å². The highest BCUT2D eigenvalue weighted by atomic mass is 35.5. The van der Waals surface area contributed by atoms with Crippen LogP contribution in [0, 0.1) is 0 Å². The molecule has 1 aliphatic rings. The molecular formula is C15H21ClN2O3S. The van der Waals surface area contributed by atoms with Gasteiger partial charge in [0.15, 0.2) is 0 Å². The number of benzene rings is 1. The molecule has 1 heterocycles. The Labute approximate surface area is 136 Å². The average molecular weight is 345 g/mol. The Morgan fingerprint density at radius 3 is 2.41 bits per heavy atom. The third-order valence-electron chi connectivity index (χ3n) is 3.73. The smallest absolute Gasteiger partial charge is 0.243 e. The zero-order valence-corrected chi connectivity index (χ0v) is 14.2. The molecule has 0 N–H and O–H groups in total. The summed E-state index contributed by atoms with van der Waals surface area (Å²) >= 11 is 5.93. The molecule has 22 heavy (non-hydrogen) atoms. The van der Waals surface area contributed by atoms with E-state index in [1.165, 1.54) is 0 Å². The summed E-state index contributed by atoms with van der Waals surface area (Å²) in [5.41, 5.74) is 0.415. The van der Waals surface area contributed by atoms with E-state index in [1.807, 2.05) is 0 Å². The Morgan fingerprint density at radius 2 is 1.86 bits per heavy atom. The van der Waals surface area contributed by atoms with Gasteiger partial charge in [-0.15, -0.1) is 0 Å². The summed E-state index contributed by atoms with van der Waals surface area (Å²) in [5, 5.41) is 0.438. The SMILES string of the molecule is CS(=O)(=O)N(CC(=O)N1CCCCCC1)c1cccc(Cl)c1. The quantitative estimate of drug-likeness (QED) is 0.843. The van der Waals surface area contributed by atoms with Gasteiger partial charge in [0, 0.05) is 18.1 Å². The number of carbonyl (C=O) groups is 1. The Kier molecular flexibility index (Phi) is 5.69. The number of likely N-dealkylation sites (tertiary alicyclic amines) is 1. The van der Waals surface area contributed by atoms with Gasteiger partial charge < -0.3 is 4.90 Å². The maximum atomic E-state index is 12.5. The van der Waals surface area contributed by atoms with Crippen LogP contribution in [0.1, 0.15) is 25.7 Å². The summed E-state index contributed by atoms with van der Waals surface area (Å²) in [6.45, 7) is 1.22. The van der Waals surface area contributed by atoms with Gasteiger partial charge in [-0.2, -0.15) is 0 Å². The van der Waals surface area contributed by atoms with Crippen LogP contribution < -0.4 is 4.31 Å². The molecule has 0 saturated carbocycles. The lowest BCUT2D eigenvalue weighted by molar-refractivity contribution is -0.129. The second-order valence-electron chi connectivity index (χ2n) is 5.54. The number of hydrogen-bond donors (Lipinski definition) is 0. The second kappa shape index (κ2) is 7.33. The van der Waals surface area contributed by atoms with Crippen molar-refractivity contribution in [3.63, 3.8) is 0 Å². The van der Waals surface area contributed by atoms with Gasteiger partial charge >= 0.3 is 0 Å². The molecule has 1 saturated heterocycles. The molecule has 0 unspecified atom stereocenters. The third kappa shape index (κ3) is 4.61. The summed E-state index contributed by atoms with van der Waals surface area (Å²) in [6.07, 6.45) is 5.29. The second-order valence-corrected chi connectivity index (χ2v) is 7.89. The van der Waals surface area contributed by atoms with Crippen LogP contribution in [0.5, 0.6) is 0 Å². The molecule has 1 aliphatic heterocycles. The molecule has 0 radical (unpaired) electrons. The van der Waals surface area contributed by atoms with Gasteiger partial charge in [0.1, 0.15) is 6.54 Å². The van der Waals surface area contributed by atoms with Crippen LogP contribution in [0.15, 0.2) is 24.3 Å². The Hall–Kier alpha value is -1.27. The van der Waals surface area contributed by atoms with E-state index in [0.29, 0.717) is 23.8 Å². The molecule has 122 valence electrons. The van der Waals surface area contributed by atoms with E-state index in [0.717, 1.165) is 36.2 Å². The van der Waals surface area contributed by atoms with Crippen LogP contribution in [-0.2, 0) is 14.8 Å². The molecule has 2 rings (SSSR count). The molecule has 1 aromatic carbocycles. The van der Waals surface area contributed by atoms with E-state index in [-0.39, 0.29) is 12.5 Å². The molecule has 0 aliphatic carbocycles. The van der Waals surface area contributed by atoms with Crippen LogP contribution in [-0.4, -0.2) is 45.1 Å². The van der Waals surface area contributed by atoms with E-state index in [1.54, 1.807) is 29.2 Å². The zero-order chi connectivity index (χ0) is 16.2. The van der Waals surface area contributed by atoms with Crippen molar-refractivity contribution in [2.45, 2.75) is 25.7 Å². The van der Waals surface area contributed by atoms with E-state index in [9.17, 15) is 13.2 Å². The van der Waals surface area contributed by atoms with Crippen molar-refractivity contribution in [2.24, 2.45) is 0 Å². The zero-order valence-electron chi connectivity index (χ0n) is 12.7. The summed E-state index contributed by atoms with van der Waals surface area (Å²) in [5.74, 6) is -0.160. The minimum Gasteiger partial charge on any atom is -0.341 e. The number of nitrogens with zero attached hydrogens (tertiary/aromatic N) is 2. The van der Waals surface area contributed by atoms with Gasteiger partial charge in [0.05, 0.1) is 11.9 Å². The first-order valence-corrected chi connectivity index (χ1v) is 9.61. The molecule has 0 atom stereocenters. The normalized spacial score (nSPS) is 16.2. The van der Waals surface area contributed by atoms with E-state index < -0.39 is 10.0 Å². The number of carbonyl (C=O) groups excluding carboxylic acids is 1. The molecule has 1 fully saturated rings. The predicted octanol–water partition coefficient (Wildman–Crippen LogP) is 2.51. The number of hydrogen-bond acceptors (Lipinski definition) is 3. The minimum atomic E-state index is -3.55. The van der Waals surface area contributed by atoms with E-state index in [2.05, 4.69) is 0 Å². The first-order chi connectivity index (χ1) is 10.4. The lowest BCUT2D eigenvalue weighted by Crippen LogP contribution is -2.43. The molecule has 5 nitrogen and oxygen atoms in total. The molecule has 1 amide bonds. The highest BCUT2D eigenvalue weighted by Crippen LogP contribution is 2.22. The van der Waals surface area contributed by atoms with Crippen LogP contribution in [0.2, 0.25) is 5.02 Å². The van der Waals surface area contributed by atoms with Gasteiger partial charge in [0.25, 0.3) is 0 Å². The first kappa shape index (κ1) is 17.1. The largest absolute Gasteiger partial charge is 0.341 e. The highest BCUT2D eigenvalue weighted by Gasteiger charge is 2.24. The fraction of sp³-hybridized carbons (Fsp3) is 0.533. The number of anilines is 1. The van der Waals surface area contributed by atoms with Crippen molar-refractivity contribution in [1.82, 2.24) is 4.90 Å². The average Bonchev–Trinajstić information content (AvgIpc) is 2.72. The number of halogens is 1. The van der Waals surface area contributed by atoms with Crippen LogP contribution in [0.4, 0.5) is 5.69 Å². The van der Waals surface area contributed by atoms with Crippen LogP contribution in [0.3, 0.4) is 0 Å². The van der Waals surface area contributed by atoms with Gasteiger partial charge in [-0.05, 0) is 31.0 Å². The van der Waals surface area contributed by atoms with Gasteiger partial charge in [-0.3, -0.25) is 9.10 Å². The number of rotatable bonds is 4. The minimum absolute atomic E-state index is 0.160. The van der Waals surface area contributed by atoms with Gasteiger partial charge in [-0.25, -0.2) is 8.42 Å². The van der Waals surface area contributed by atoms with Gasteiger partial charge in [0.2, 0.25) is 15.9 Å². The number of amides is 1. The summed E-state index contributed by atoms with van der Waals surface area (Å²) in [6, 6.07) is 6.54. The van der Waals surface area contributed by atoms with E-state index in [4.69, 9.17) is 11.6 Å². The van der Waals surface area contributed by atoms with Crippen molar-refractivity contribution in [2.75, 3.05) is 30.2 Å². The number of sulfonamides is 1. The molecule has 1 aromatic rings. The Morgan fingerprint density at radius 1 is 1.23 bits per heavy atom. The molecule has 0 spiro atoms. The summed E-state index contributed by atoms with van der Waals surface area (Å²) in [4.78, 5) is 14.2. The standard InChI is InChI=1S/C15H21ClN2O3S/c1-22(20,21)18(14-8-6-7-13(16)11-14)12-15(19)17-9-4-2-3-5-10-17/h6-8,11H,2-5,9-10,12H2,1H3. The Bertz CT molecular complexity index is 625. The third-order valence-corrected chi connectivity index (χ3v) is 5.11. The Balaban J connectivity index is 2.18. The fourth-order valence-corrected chi connectivity index (χ4v) is 3.60. The van der Waals surface area contributed by atoms with Crippen molar-refractivity contribution in [3.05, 3.63) is 29.3 Å². The lowest BCUT2D eigenvalue weighted by Gasteiger charge is -2.26. The molecular weight excluding hydrogens is 324 g/mol. The topological polar surface area (TPSA) is 57.7 Å². The fourth-order valence-electron chi connectivity index (χ4n) is 2.57. The van der Waals surface area contributed by atoms with Crippen molar-refractivity contribution in [3.8, 4) is 0 Å².